The number of aryl methyl sites for hydroxylation is 1. The molecular weight excluding hydrogens is 590 g/mol. The first kappa shape index (κ1) is 33.4. The number of carbonyl (C=O) groups is 2. The van der Waals surface area contributed by atoms with E-state index in [4.69, 9.17) is 9.47 Å². The lowest BCUT2D eigenvalue weighted by molar-refractivity contribution is -0.146. The van der Waals surface area contributed by atoms with Crippen LogP contribution in [0.2, 0.25) is 0 Å². The molecule has 8 nitrogen and oxygen atoms in total. The Bertz CT molecular complexity index is 1880. The van der Waals surface area contributed by atoms with Crippen molar-refractivity contribution in [1.82, 2.24) is 14.5 Å². The summed E-state index contributed by atoms with van der Waals surface area (Å²) in [4.78, 5) is 35.3. The fourth-order valence-electron chi connectivity index (χ4n) is 5.60. The van der Waals surface area contributed by atoms with E-state index in [0.29, 0.717) is 35.7 Å². The number of rotatable bonds is 11. The molecular formula is C39H43N3O5. The predicted molar refractivity (Wildman–Crippen MR) is 184 cm³/mol. The molecule has 8 heteroatoms. The van der Waals surface area contributed by atoms with E-state index in [-0.39, 0.29) is 24.3 Å². The molecule has 5 aromatic rings. The van der Waals surface area contributed by atoms with Gasteiger partial charge in [0.1, 0.15) is 12.4 Å². The van der Waals surface area contributed by atoms with Crippen LogP contribution in [0.1, 0.15) is 73.9 Å². The minimum Gasteiger partial charge on any atom is -0.487 e. The largest absolute Gasteiger partial charge is 0.487 e. The molecule has 0 bridgehead atoms. The number of methoxy groups -OCH3 is 1. The van der Waals surface area contributed by atoms with E-state index in [0.717, 1.165) is 38.9 Å². The maximum absolute atomic E-state index is 14.1. The highest BCUT2D eigenvalue weighted by Crippen LogP contribution is 2.37. The molecule has 0 fully saturated rings. The molecule has 0 saturated heterocycles. The maximum atomic E-state index is 14.1. The van der Waals surface area contributed by atoms with Gasteiger partial charge in [-0.25, -0.2) is 4.98 Å². The Labute approximate surface area is 276 Å². The average molecular weight is 634 g/mol. The van der Waals surface area contributed by atoms with Gasteiger partial charge in [0.05, 0.1) is 23.7 Å². The zero-order valence-corrected chi connectivity index (χ0v) is 28.3. The Hall–Kier alpha value is -4.98. The van der Waals surface area contributed by atoms with Gasteiger partial charge in [-0.2, -0.15) is 0 Å². The molecule has 0 aliphatic heterocycles. The van der Waals surface area contributed by atoms with Crippen molar-refractivity contribution < 1.29 is 24.2 Å². The number of nitrogens with zero attached hydrogens (tertiary/aromatic N) is 3. The van der Waals surface area contributed by atoms with Crippen LogP contribution in [-0.2, 0) is 24.2 Å². The van der Waals surface area contributed by atoms with Gasteiger partial charge in [0.25, 0.3) is 0 Å². The second-order valence-electron chi connectivity index (χ2n) is 14.0. The van der Waals surface area contributed by atoms with Crippen molar-refractivity contribution in [1.29, 1.82) is 0 Å². The number of carbonyl (C=O) groups excluding carboxylic acids is 1. The van der Waals surface area contributed by atoms with Crippen LogP contribution in [0.15, 0.2) is 79.1 Å². The predicted octanol–water partition coefficient (Wildman–Crippen LogP) is 8.31. The number of hydrogen-bond acceptors (Lipinski definition) is 6. The second-order valence-corrected chi connectivity index (χ2v) is 14.0. The van der Waals surface area contributed by atoms with Gasteiger partial charge in [0, 0.05) is 54.0 Å². The standard InChI is InChI=1S/C39H43N3O5/c1-25-8-14-29(40-22-25)24-47-30-15-16-31-32(18-26-9-11-27(12-10-26)28-13-17-35(46-7)41-23-28)34(20-39(5,6)37(44)45)42(33(31)19-30)36(43)21-38(2,3)4/h8-17,19,22-23H,18,20-21,24H2,1-7H3,(H,44,45). The third-order valence-corrected chi connectivity index (χ3v) is 8.25. The van der Waals surface area contributed by atoms with Crippen molar-refractivity contribution in [3.05, 3.63) is 107 Å². The van der Waals surface area contributed by atoms with E-state index in [1.54, 1.807) is 37.9 Å². The van der Waals surface area contributed by atoms with Gasteiger partial charge in [-0.3, -0.25) is 19.1 Å². The summed E-state index contributed by atoms with van der Waals surface area (Å²) in [6.07, 6.45) is 4.58. The summed E-state index contributed by atoms with van der Waals surface area (Å²) in [6, 6.07) is 21.7. The molecule has 0 unspecified atom stereocenters. The summed E-state index contributed by atoms with van der Waals surface area (Å²) >= 11 is 0. The minimum absolute atomic E-state index is 0.0790. The molecule has 0 aliphatic carbocycles. The Morgan fingerprint density at radius 1 is 0.872 bits per heavy atom. The average Bonchev–Trinajstić information content (AvgIpc) is 3.31. The van der Waals surface area contributed by atoms with Crippen molar-refractivity contribution in [2.24, 2.45) is 10.8 Å². The van der Waals surface area contributed by atoms with Crippen LogP contribution in [0.4, 0.5) is 0 Å². The highest BCUT2D eigenvalue weighted by Gasteiger charge is 2.33. The quantitative estimate of drug-likeness (QED) is 0.156. The number of ether oxygens (including phenoxy) is 2. The van der Waals surface area contributed by atoms with Crippen molar-refractivity contribution in [3.8, 4) is 22.8 Å². The molecule has 0 atom stereocenters. The number of benzene rings is 2. The molecule has 0 aliphatic rings. The molecule has 244 valence electrons. The fraction of sp³-hybridized carbons (Fsp3) is 0.333. The molecule has 2 aromatic carbocycles. The molecule has 0 spiro atoms. The molecule has 47 heavy (non-hydrogen) atoms. The van der Waals surface area contributed by atoms with Crippen LogP contribution in [0.25, 0.3) is 22.0 Å². The van der Waals surface area contributed by atoms with Crippen LogP contribution >= 0.6 is 0 Å². The minimum atomic E-state index is -1.11. The molecule has 3 heterocycles. The van der Waals surface area contributed by atoms with Crippen LogP contribution in [0.3, 0.4) is 0 Å². The van der Waals surface area contributed by atoms with E-state index < -0.39 is 11.4 Å². The third kappa shape index (κ3) is 7.88. The van der Waals surface area contributed by atoms with Crippen LogP contribution in [-0.4, -0.2) is 38.6 Å². The monoisotopic (exact) mass is 633 g/mol. The SMILES string of the molecule is COc1ccc(-c2ccc(Cc3c(CC(C)(C)C(=O)O)n(C(=O)CC(C)(C)C)c4cc(OCc5ccc(C)cn5)ccc34)cc2)cn1. The van der Waals surface area contributed by atoms with E-state index in [9.17, 15) is 14.7 Å². The van der Waals surface area contributed by atoms with Gasteiger partial charge in [-0.05, 0) is 79.1 Å². The van der Waals surface area contributed by atoms with Gasteiger partial charge >= 0.3 is 5.97 Å². The van der Waals surface area contributed by atoms with E-state index in [1.165, 1.54) is 0 Å². The molecule has 0 saturated carbocycles. The van der Waals surface area contributed by atoms with Gasteiger partial charge in [0.15, 0.2) is 0 Å². The Morgan fingerprint density at radius 3 is 2.19 bits per heavy atom. The number of hydrogen-bond donors (Lipinski definition) is 1. The molecule has 1 N–H and O–H groups in total. The van der Waals surface area contributed by atoms with Crippen molar-refractivity contribution in [2.75, 3.05) is 7.11 Å². The zero-order valence-electron chi connectivity index (χ0n) is 28.3. The van der Waals surface area contributed by atoms with Crippen molar-refractivity contribution in [2.45, 2.75) is 67.4 Å². The Balaban J connectivity index is 1.60. The first-order valence-electron chi connectivity index (χ1n) is 15.8. The third-order valence-electron chi connectivity index (χ3n) is 8.25. The first-order chi connectivity index (χ1) is 22.2. The lowest BCUT2D eigenvalue weighted by Gasteiger charge is -2.23. The summed E-state index contributed by atoms with van der Waals surface area (Å²) in [5.41, 5.74) is 5.87. The highest BCUT2D eigenvalue weighted by atomic mass is 16.5. The smallest absolute Gasteiger partial charge is 0.309 e. The normalized spacial score (nSPS) is 11.9. The van der Waals surface area contributed by atoms with E-state index in [2.05, 4.69) is 34.2 Å². The second kappa shape index (κ2) is 13.4. The Kier molecular flexibility index (Phi) is 9.52. The Morgan fingerprint density at radius 2 is 1.60 bits per heavy atom. The van der Waals surface area contributed by atoms with Crippen LogP contribution < -0.4 is 9.47 Å². The number of pyridine rings is 2. The van der Waals surface area contributed by atoms with Gasteiger partial charge in [-0.15, -0.1) is 0 Å². The fourth-order valence-corrected chi connectivity index (χ4v) is 5.60. The zero-order chi connectivity index (χ0) is 33.9. The van der Waals surface area contributed by atoms with E-state index in [1.807, 2.05) is 70.2 Å². The lowest BCUT2D eigenvalue weighted by Crippen LogP contribution is -2.29. The summed E-state index contributed by atoms with van der Waals surface area (Å²) in [5.74, 6) is 0.162. The highest BCUT2D eigenvalue weighted by molar-refractivity contribution is 5.97. The van der Waals surface area contributed by atoms with Gasteiger partial charge in [0.2, 0.25) is 11.8 Å². The maximum Gasteiger partial charge on any atom is 0.309 e. The molecule has 5 rings (SSSR count). The topological polar surface area (TPSA) is 104 Å². The number of carboxylic acid groups (broad SMARTS) is 1. The number of aromatic nitrogens is 3. The molecule has 0 radical (unpaired) electrons. The summed E-state index contributed by atoms with van der Waals surface area (Å²) in [7, 11) is 1.59. The van der Waals surface area contributed by atoms with E-state index >= 15 is 0 Å². The number of aliphatic carboxylic acids is 1. The van der Waals surface area contributed by atoms with Gasteiger partial charge < -0.3 is 14.6 Å². The number of fused-ring (bicyclic) bond motifs is 1. The summed E-state index contributed by atoms with van der Waals surface area (Å²) < 4.78 is 13.1. The van der Waals surface area contributed by atoms with Gasteiger partial charge in [-0.1, -0.05) is 51.1 Å². The summed E-state index contributed by atoms with van der Waals surface area (Å²) in [6.45, 7) is 11.8. The molecule has 0 amide bonds. The summed E-state index contributed by atoms with van der Waals surface area (Å²) in [5, 5.41) is 11.0. The number of carboxylic acids is 1. The molecule has 3 aromatic heterocycles. The van der Waals surface area contributed by atoms with Crippen molar-refractivity contribution in [3.63, 3.8) is 0 Å². The van der Waals surface area contributed by atoms with Crippen molar-refractivity contribution >= 4 is 22.8 Å². The first-order valence-corrected chi connectivity index (χ1v) is 15.8. The lowest BCUT2D eigenvalue weighted by atomic mass is 9.85. The van der Waals surface area contributed by atoms with Crippen LogP contribution in [0, 0.1) is 17.8 Å². The van der Waals surface area contributed by atoms with Crippen LogP contribution in [0.5, 0.6) is 11.6 Å².